The Morgan fingerprint density at radius 3 is 2.95 bits per heavy atom. The van der Waals surface area contributed by atoms with E-state index in [9.17, 15) is 4.79 Å². The molecule has 5 nitrogen and oxygen atoms in total. The number of aryl methyl sites for hydroxylation is 1. The number of aliphatic carboxylic acids is 1. The third-order valence-electron chi connectivity index (χ3n) is 3.46. The molecule has 0 amide bonds. The molecule has 20 heavy (non-hydrogen) atoms. The van der Waals surface area contributed by atoms with Gasteiger partial charge in [-0.2, -0.15) is 0 Å². The third-order valence-corrected chi connectivity index (χ3v) is 3.46. The first kappa shape index (κ1) is 14.5. The third kappa shape index (κ3) is 3.57. The molecule has 0 saturated carbocycles. The molecule has 1 aromatic heterocycles. The van der Waals surface area contributed by atoms with Crippen LogP contribution in [0.5, 0.6) is 0 Å². The highest BCUT2D eigenvalue weighted by Crippen LogP contribution is 2.14. The summed E-state index contributed by atoms with van der Waals surface area (Å²) in [5.74, 6) is 0.265. The average molecular weight is 275 g/mol. The van der Waals surface area contributed by atoms with Crippen LogP contribution in [0.15, 0.2) is 24.3 Å². The number of fused-ring (bicyclic) bond motifs is 1. The van der Waals surface area contributed by atoms with E-state index in [4.69, 9.17) is 5.11 Å². The first-order valence-electron chi connectivity index (χ1n) is 6.95. The predicted octanol–water partition coefficient (Wildman–Crippen LogP) is 2.19. The maximum Gasteiger partial charge on any atom is 0.303 e. The van der Waals surface area contributed by atoms with Gasteiger partial charge in [-0.25, -0.2) is 4.98 Å². The summed E-state index contributed by atoms with van der Waals surface area (Å²) in [6.07, 6.45) is 0.861. The van der Waals surface area contributed by atoms with E-state index in [0.29, 0.717) is 6.42 Å². The topological polar surface area (TPSA) is 67.2 Å². The Balaban J connectivity index is 1.90. The number of carbonyl (C=O) groups is 1. The Labute approximate surface area is 118 Å². The lowest BCUT2D eigenvalue weighted by atomic mass is 10.2. The Bertz CT molecular complexity index is 592. The first-order chi connectivity index (χ1) is 9.58. The average Bonchev–Trinajstić information content (AvgIpc) is 2.73. The van der Waals surface area contributed by atoms with Gasteiger partial charge >= 0.3 is 5.97 Å². The fourth-order valence-electron chi connectivity index (χ4n) is 2.34. The van der Waals surface area contributed by atoms with E-state index in [2.05, 4.69) is 20.9 Å². The molecular weight excluding hydrogens is 254 g/mol. The molecule has 5 heteroatoms. The number of carboxylic acids is 1. The van der Waals surface area contributed by atoms with Crippen LogP contribution in [-0.4, -0.2) is 33.2 Å². The van der Waals surface area contributed by atoms with Gasteiger partial charge < -0.3 is 15.0 Å². The van der Waals surface area contributed by atoms with E-state index in [1.807, 2.05) is 32.0 Å². The smallest absolute Gasteiger partial charge is 0.303 e. The van der Waals surface area contributed by atoms with E-state index in [1.165, 1.54) is 0 Å². The molecule has 2 N–H and O–H groups in total. The van der Waals surface area contributed by atoms with Crippen molar-refractivity contribution in [3.8, 4) is 0 Å². The highest BCUT2D eigenvalue weighted by atomic mass is 16.4. The molecule has 0 aliphatic heterocycles. The molecule has 1 heterocycles. The van der Waals surface area contributed by atoms with Gasteiger partial charge in [-0.1, -0.05) is 12.1 Å². The second-order valence-electron chi connectivity index (χ2n) is 5.09. The van der Waals surface area contributed by atoms with Crippen molar-refractivity contribution in [3.05, 3.63) is 30.1 Å². The summed E-state index contributed by atoms with van der Waals surface area (Å²) >= 11 is 0. The highest BCUT2D eigenvalue weighted by molar-refractivity contribution is 5.75. The zero-order valence-corrected chi connectivity index (χ0v) is 12.0. The lowest BCUT2D eigenvalue weighted by Gasteiger charge is -2.14. The Morgan fingerprint density at radius 2 is 2.20 bits per heavy atom. The number of hydrogen-bond acceptors (Lipinski definition) is 3. The number of nitrogens with one attached hydrogen (secondary N) is 1. The SMILES string of the molecule is Cc1nc2ccccc2n1CCNC(C)CCC(=O)O. The number of nitrogens with zero attached hydrogens (tertiary/aromatic N) is 2. The molecule has 2 rings (SSSR count). The summed E-state index contributed by atoms with van der Waals surface area (Å²) in [6.45, 7) is 5.67. The van der Waals surface area contributed by atoms with Gasteiger partial charge in [0.1, 0.15) is 5.82 Å². The van der Waals surface area contributed by atoms with Crippen molar-refractivity contribution in [2.24, 2.45) is 0 Å². The quantitative estimate of drug-likeness (QED) is 0.813. The standard InChI is InChI=1S/C15H21N3O2/c1-11(7-8-15(19)20)16-9-10-18-12(2)17-13-5-3-4-6-14(13)18/h3-6,11,16H,7-10H2,1-2H3,(H,19,20). The van der Waals surface area contributed by atoms with Crippen LogP contribution < -0.4 is 5.32 Å². The Kier molecular flexibility index (Phi) is 4.74. The van der Waals surface area contributed by atoms with Crippen molar-refractivity contribution in [1.82, 2.24) is 14.9 Å². The second-order valence-corrected chi connectivity index (χ2v) is 5.09. The summed E-state index contributed by atoms with van der Waals surface area (Å²) in [4.78, 5) is 15.0. The monoisotopic (exact) mass is 275 g/mol. The Morgan fingerprint density at radius 1 is 1.45 bits per heavy atom. The molecule has 0 bridgehead atoms. The minimum absolute atomic E-state index is 0.209. The van der Waals surface area contributed by atoms with Gasteiger partial charge in [0.15, 0.2) is 0 Å². The molecule has 1 unspecified atom stereocenters. The van der Waals surface area contributed by atoms with Crippen molar-refractivity contribution in [2.45, 2.75) is 39.3 Å². The maximum absolute atomic E-state index is 10.5. The van der Waals surface area contributed by atoms with Crippen LogP contribution in [-0.2, 0) is 11.3 Å². The van der Waals surface area contributed by atoms with E-state index in [0.717, 1.165) is 29.9 Å². The highest BCUT2D eigenvalue weighted by Gasteiger charge is 2.08. The van der Waals surface area contributed by atoms with Crippen LogP contribution in [0.2, 0.25) is 0 Å². The molecule has 0 aliphatic carbocycles. The van der Waals surface area contributed by atoms with Crippen molar-refractivity contribution >= 4 is 17.0 Å². The minimum Gasteiger partial charge on any atom is -0.481 e. The van der Waals surface area contributed by atoms with Crippen molar-refractivity contribution in [3.63, 3.8) is 0 Å². The van der Waals surface area contributed by atoms with Crippen molar-refractivity contribution in [1.29, 1.82) is 0 Å². The van der Waals surface area contributed by atoms with Gasteiger partial charge in [-0.15, -0.1) is 0 Å². The number of imidazole rings is 1. The molecule has 0 fully saturated rings. The molecule has 0 saturated heterocycles. The van der Waals surface area contributed by atoms with Gasteiger partial charge in [0.05, 0.1) is 11.0 Å². The molecule has 0 radical (unpaired) electrons. The zero-order valence-electron chi connectivity index (χ0n) is 12.0. The number of aromatic nitrogens is 2. The van der Waals surface area contributed by atoms with Crippen LogP contribution in [0, 0.1) is 6.92 Å². The summed E-state index contributed by atoms with van der Waals surface area (Å²) in [6, 6.07) is 8.31. The van der Waals surface area contributed by atoms with E-state index in [1.54, 1.807) is 0 Å². The van der Waals surface area contributed by atoms with Crippen molar-refractivity contribution < 1.29 is 9.90 Å². The molecular formula is C15H21N3O2. The van der Waals surface area contributed by atoms with Gasteiger partial charge in [0, 0.05) is 25.6 Å². The summed E-state index contributed by atoms with van der Waals surface area (Å²) in [7, 11) is 0. The van der Waals surface area contributed by atoms with E-state index >= 15 is 0 Å². The molecule has 108 valence electrons. The van der Waals surface area contributed by atoms with Crippen LogP contribution in [0.1, 0.15) is 25.6 Å². The van der Waals surface area contributed by atoms with Gasteiger partial charge in [-0.3, -0.25) is 4.79 Å². The summed E-state index contributed by atoms with van der Waals surface area (Å²) in [5.41, 5.74) is 2.16. The number of benzene rings is 1. The lowest BCUT2D eigenvalue weighted by Crippen LogP contribution is -2.30. The van der Waals surface area contributed by atoms with Crippen LogP contribution in [0.25, 0.3) is 11.0 Å². The lowest BCUT2D eigenvalue weighted by molar-refractivity contribution is -0.137. The number of para-hydroxylation sites is 2. The minimum atomic E-state index is -0.741. The normalized spacial score (nSPS) is 12.7. The van der Waals surface area contributed by atoms with E-state index < -0.39 is 5.97 Å². The van der Waals surface area contributed by atoms with E-state index in [-0.39, 0.29) is 12.5 Å². The summed E-state index contributed by atoms with van der Waals surface area (Å²) in [5, 5.41) is 12.0. The van der Waals surface area contributed by atoms with Crippen molar-refractivity contribution in [2.75, 3.05) is 6.54 Å². The van der Waals surface area contributed by atoms with Gasteiger partial charge in [0.2, 0.25) is 0 Å². The van der Waals surface area contributed by atoms with Crippen LogP contribution in [0.4, 0.5) is 0 Å². The number of carboxylic acid groups (broad SMARTS) is 1. The molecule has 0 aliphatic rings. The predicted molar refractivity (Wildman–Crippen MR) is 78.8 cm³/mol. The Hall–Kier alpha value is -1.88. The largest absolute Gasteiger partial charge is 0.481 e. The summed E-state index contributed by atoms with van der Waals surface area (Å²) < 4.78 is 2.19. The maximum atomic E-state index is 10.5. The van der Waals surface area contributed by atoms with Gasteiger partial charge in [-0.05, 0) is 32.4 Å². The van der Waals surface area contributed by atoms with Crippen LogP contribution in [0.3, 0.4) is 0 Å². The second kappa shape index (κ2) is 6.52. The zero-order chi connectivity index (χ0) is 14.5. The number of hydrogen-bond donors (Lipinski definition) is 2. The fourth-order valence-corrected chi connectivity index (χ4v) is 2.34. The fraction of sp³-hybridized carbons (Fsp3) is 0.467. The van der Waals surface area contributed by atoms with Gasteiger partial charge in [0.25, 0.3) is 0 Å². The molecule has 0 spiro atoms. The molecule has 1 atom stereocenters. The van der Waals surface area contributed by atoms with Crippen LogP contribution >= 0.6 is 0 Å². The molecule has 2 aromatic rings. The number of rotatable bonds is 7. The first-order valence-corrected chi connectivity index (χ1v) is 6.95. The molecule has 1 aromatic carbocycles.